The Morgan fingerprint density at radius 1 is 1.08 bits per heavy atom. The lowest BCUT2D eigenvalue weighted by molar-refractivity contribution is 0.112. The number of benzene rings is 2. The number of nitrogens with one attached hydrogen (secondary N) is 1. The van der Waals surface area contributed by atoms with Gasteiger partial charge in [-0.1, -0.05) is 42.5 Å². The van der Waals surface area contributed by atoms with E-state index in [1.807, 2.05) is 0 Å². The van der Waals surface area contributed by atoms with Crippen molar-refractivity contribution in [2.75, 3.05) is 39.3 Å². The molecule has 0 spiro atoms. The average Bonchev–Trinajstić information content (AvgIpc) is 3.21. The van der Waals surface area contributed by atoms with Crippen molar-refractivity contribution in [2.24, 2.45) is 0 Å². The Bertz CT molecular complexity index is 747. The third-order valence-corrected chi connectivity index (χ3v) is 5.84. The van der Waals surface area contributed by atoms with E-state index in [0.717, 1.165) is 57.4 Å². The van der Waals surface area contributed by atoms with E-state index >= 15 is 0 Å². The third-order valence-electron chi connectivity index (χ3n) is 5.44. The van der Waals surface area contributed by atoms with Gasteiger partial charge in [-0.15, -0.1) is 0 Å². The summed E-state index contributed by atoms with van der Waals surface area (Å²) in [6, 6.07) is 15.3. The van der Waals surface area contributed by atoms with Crippen molar-refractivity contribution in [2.45, 2.75) is 25.5 Å². The molecule has 2 aromatic rings. The third kappa shape index (κ3) is 4.17. The lowest BCUT2D eigenvalue weighted by atomic mass is 10.0. The van der Waals surface area contributed by atoms with Crippen molar-refractivity contribution < 1.29 is 4.74 Å². The minimum absolute atomic E-state index is 0.334. The van der Waals surface area contributed by atoms with Crippen LogP contribution in [0.25, 0.3) is 10.8 Å². The Hall–Kier alpha value is -1.69. The highest BCUT2D eigenvalue weighted by atomic mass is 32.1. The van der Waals surface area contributed by atoms with Crippen molar-refractivity contribution in [3.8, 4) is 0 Å². The topological polar surface area (TPSA) is 27.7 Å². The first kappa shape index (κ1) is 17.7. The number of fused-ring (bicyclic) bond motifs is 1. The molecule has 0 radical (unpaired) electrons. The van der Waals surface area contributed by atoms with E-state index in [1.54, 1.807) is 0 Å². The average molecular weight is 370 g/mol. The molecule has 0 aliphatic carbocycles. The summed E-state index contributed by atoms with van der Waals surface area (Å²) in [5, 5.41) is 6.97. The van der Waals surface area contributed by atoms with Gasteiger partial charge in [0.2, 0.25) is 0 Å². The quantitative estimate of drug-likeness (QED) is 0.837. The molecule has 0 unspecified atom stereocenters. The number of hydrogen-bond donors (Lipinski definition) is 1. The highest BCUT2D eigenvalue weighted by molar-refractivity contribution is 7.80. The molecule has 26 heavy (non-hydrogen) atoms. The molecule has 0 bridgehead atoms. The highest BCUT2D eigenvalue weighted by Gasteiger charge is 2.21. The maximum atomic E-state index is 5.66. The molecule has 2 aliphatic rings. The van der Waals surface area contributed by atoms with Gasteiger partial charge in [0.1, 0.15) is 0 Å². The van der Waals surface area contributed by atoms with E-state index in [1.165, 1.54) is 22.8 Å². The number of thiocarbonyl (C=S) groups is 1. The molecular formula is C21H27N3OS. The van der Waals surface area contributed by atoms with Crippen molar-refractivity contribution in [3.63, 3.8) is 0 Å². The zero-order valence-corrected chi connectivity index (χ0v) is 16.0. The first-order chi connectivity index (χ1) is 12.8. The van der Waals surface area contributed by atoms with Gasteiger partial charge in [0.15, 0.2) is 5.11 Å². The summed E-state index contributed by atoms with van der Waals surface area (Å²) in [5.74, 6) is 0. The van der Waals surface area contributed by atoms with Crippen LogP contribution in [0.4, 0.5) is 0 Å². The summed E-state index contributed by atoms with van der Waals surface area (Å²) >= 11 is 5.58. The second kappa shape index (κ2) is 8.33. The number of nitrogens with zero attached hydrogens (tertiary/aromatic N) is 2. The van der Waals surface area contributed by atoms with E-state index in [-0.39, 0.29) is 0 Å². The van der Waals surface area contributed by atoms with E-state index in [0.29, 0.717) is 6.10 Å². The Kier molecular flexibility index (Phi) is 5.68. The summed E-state index contributed by atoms with van der Waals surface area (Å²) in [5.41, 5.74) is 1.41. The van der Waals surface area contributed by atoms with Crippen LogP contribution in [0, 0.1) is 0 Å². The van der Waals surface area contributed by atoms with Gasteiger partial charge in [0, 0.05) is 45.9 Å². The number of piperazine rings is 1. The van der Waals surface area contributed by atoms with Gasteiger partial charge in [-0.2, -0.15) is 0 Å². The summed E-state index contributed by atoms with van der Waals surface area (Å²) in [7, 11) is 0. The second-order valence-electron chi connectivity index (χ2n) is 7.22. The molecule has 0 saturated carbocycles. The van der Waals surface area contributed by atoms with Crippen LogP contribution in [-0.4, -0.2) is 60.3 Å². The van der Waals surface area contributed by atoms with E-state index < -0.39 is 0 Å². The molecule has 2 aromatic carbocycles. The van der Waals surface area contributed by atoms with Gasteiger partial charge in [-0.25, -0.2) is 0 Å². The summed E-state index contributed by atoms with van der Waals surface area (Å²) in [6.45, 7) is 6.81. The van der Waals surface area contributed by atoms with Crippen LogP contribution in [0.3, 0.4) is 0 Å². The standard InChI is InChI=1S/C21H27N3OS/c26-21(22-15-19-8-4-14-25-19)24-12-10-23(11-13-24)16-18-7-3-6-17-5-1-2-9-20(17)18/h1-3,5-7,9,19H,4,8,10-16H2,(H,22,26)/t19-/m0/s1. The molecule has 4 nitrogen and oxygen atoms in total. The molecule has 1 N–H and O–H groups in total. The molecule has 0 aromatic heterocycles. The van der Waals surface area contributed by atoms with Gasteiger partial charge in [-0.05, 0) is 41.4 Å². The Morgan fingerprint density at radius 3 is 2.69 bits per heavy atom. The minimum atomic E-state index is 0.334. The van der Waals surface area contributed by atoms with Gasteiger partial charge in [-0.3, -0.25) is 4.90 Å². The van der Waals surface area contributed by atoms with Crippen molar-refractivity contribution >= 4 is 28.1 Å². The first-order valence-electron chi connectivity index (χ1n) is 9.63. The van der Waals surface area contributed by atoms with Crippen LogP contribution < -0.4 is 5.32 Å². The lowest BCUT2D eigenvalue weighted by Gasteiger charge is -2.36. The monoisotopic (exact) mass is 369 g/mol. The zero-order chi connectivity index (χ0) is 17.8. The minimum Gasteiger partial charge on any atom is -0.376 e. The Morgan fingerprint density at radius 2 is 1.88 bits per heavy atom. The Labute approximate surface area is 161 Å². The summed E-state index contributed by atoms with van der Waals surface area (Å²) < 4.78 is 5.66. The lowest BCUT2D eigenvalue weighted by Crippen LogP contribution is -2.52. The van der Waals surface area contributed by atoms with Crippen LogP contribution in [0.2, 0.25) is 0 Å². The van der Waals surface area contributed by atoms with Crippen LogP contribution in [0.15, 0.2) is 42.5 Å². The molecule has 1 atom stereocenters. The summed E-state index contributed by atoms with van der Waals surface area (Å²) in [6.07, 6.45) is 2.65. The second-order valence-corrected chi connectivity index (χ2v) is 7.61. The van der Waals surface area contributed by atoms with Gasteiger partial charge in [0.25, 0.3) is 0 Å². The van der Waals surface area contributed by atoms with Gasteiger partial charge < -0.3 is 15.0 Å². The fourth-order valence-corrected chi connectivity index (χ4v) is 4.16. The molecule has 138 valence electrons. The highest BCUT2D eigenvalue weighted by Crippen LogP contribution is 2.20. The maximum Gasteiger partial charge on any atom is 0.169 e. The number of hydrogen-bond acceptors (Lipinski definition) is 3. The molecular weight excluding hydrogens is 342 g/mol. The Balaban J connectivity index is 1.28. The predicted octanol–water partition coefficient (Wildman–Crippen LogP) is 3.01. The van der Waals surface area contributed by atoms with E-state index in [2.05, 4.69) is 57.6 Å². The summed E-state index contributed by atoms with van der Waals surface area (Å²) in [4.78, 5) is 4.82. The van der Waals surface area contributed by atoms with Gasteiger partial charge in [0.05, 0.1) is 6.10 Å². The van der Waals surface area contributed by atoms with Crippen molar-refractivity contribution in [1.82, 2.24) is 15.1 Å². The van der Waals surface area contributed by atoms with Crippen LogP contribution >= 0.6 is 12.2 Å². The van der Waals surface area contributed by atoms with Crippen LogP contribution in [0.5, 0.6) is 0 Å². The smallest absolute Gasteiger partial charge is 0.169 e. The molecule has 2 heterocycles. The van der Waals surface area contributed by atoms with Gasteiger partial charge >= 0.3 is 0 Å². The molecule has 2 saturated heterocycles. The molecule has 5 heteroatoms. The van der Waals surface area contributed by atoms with Crippen molar-refractivity contribution in [3.05, 3.63) is 48.0 Å². The largest absolute Gasteiger partial charge is 0.376 e. The fraction of sp³-hybridized carbons (Fsp3) is 0.476. The SMILES string of the molecule is S=C(NC[C@@H]1CCCO1)N1CCN(Cc2cccc3ccccc23)CC1. The van der Waals surface area contributed by atoms with E-state index in [4.69, 9.17) is 17.0 Å². The van der Waals surface area contributed by atoms with Crippen LogP contribution in [-0.2, 0) is 11.3 Å². The molecule has 2 fully saturated rings. The molecule has 4 rings (SSSR count). The predicted molar refractivity (Wildman–Crippen MR) is 110 cm³/mol. The fourth-order valence-electron chi connectivity index (χ4n) is 3.90. The molecule has 2 aliphatic heterocycles. The van der Waals surface area contributed by atoms with Crippen molar-refractivity contribution in [1.29, 1.82) is 0 Å². The van der Waals surface area contributed by atoms with Crippen LogP contribution in [0.1, 0.15) is 18.4 Å². The maximum absolute atomic E-state index is 5.66. The van der Waals surface area contributed by atoms with E-state index in [9.17, 15) is 0 Å². The number of rotatable bonds is 4. The zero-order valence-electron chi connectivity index (χ0n) is 15.2. The normalized spacial score (nSPS) is 21.2. The molecule has 0 amide bonds. The first-order valence-corrected chi connectivity index (χ1v) is 10.0. The number of ether oxygens (including phenoxy) is 1.